The minimum Gasteiger partial charge on any atom is -0.0883 e. The standard InChI is InChI=1S/C18H32/c1-3-4-5-6-16-9-13-18(14-10-16)17-11-7-15(2)8-12-17/h5-6,15-18H,3-4,7-14H2,1-2H3/b6-5+. The predicted octanol–water partition coefficient (Wildman–Crippen LogP) is 5.98. The van der Waals surface area contributed by atoms with Crippen molar-refractivity contribution in [3.05, 3.63) is 12.2 Å². The molecule has 0 spiro atoms. The summed E-state index contributed by atoms with van der Waals surface area (Å²) < 4.78 is 0. The zero-order chi connectivity index (χ0) is 12.8. The highest BCUT2D eigenvalue weighted by Gasteiger charge is 2.29. The Morgan fingerprint density at radius 3 is 1.94 bits per heavy atom. The van der Waals surface area contributed by atoms with Crippen molar-refractivity contribution in [1.82, 2.24) is 0 Å². The molecule has 0 heterocycles. The molecule has 0 N–H and O–H groups in total. The van der Waals surface area contributed by atoms with Crippen LogP contribution in [0.25, 0.3) is 0 Å². The Kier molecular flexibility index (Phi) is 5.79. The molecule has 18 heavy (non-hydrogen) atoms. The first-order chi connectivity index (χ1) is 8.79. The summed E-state index contributed by atoms with van der Waals surface area (Å²) in [6.45, 7) is 4.71. The van der Waals surface area contributed by atoms with Gasteiger partial charge in [-0.3, -0.25) is 0 Å². The second-order valence-corrected chi connectivity index (χ2v) is 6.91. The monoisotopic (exact) mass is 248 g/mol. The van der Waals surface area contributed by atoms with Crippen molar-refractivity contribution in [1.29, 1.82) is 0 Å². The van der Waals surface area contributed by atoms with E-state index in [1.807, 2.05) is 0 Å². The molecule has 0 nitrogen and oxygen atoms in total. The maximum atomic E-state index is 2.52. The fraction of sp³-hybridized carbons (Fsp3) is 0.889. The molecule has 0 saturated heterocycles. The highest BCUT2D eigenvalue weighted by atomic mass is 14.3. The topological polar surface area (TPSA) is 0 Å². The van der Waals surface area contributed by atoms with Crippen LogP contribution >= 0.6 is 0 Å². The maximum absolute atomic E-state index is 2.52. The molecular formula is C18H32. The summed E-state index contributed by atoms with van der Waals surface area (Å²) in [6.07, 6.45) is 19.5. The smallest absolute Gasteiger partial charge is 0.0233 e. The van der Waals surface area contributed by atoms with Gasteiger partial charge in [0, 0.05) is 0 Å². The van der Waals surface area contributed by atoms with Gasteiger partial charge >= 0.3 is 0 Å². The normalized spacial score (nSPS) is 38.1. The van der Waals surface area contributed by atoms with Crippen LogP contribution in [0.1, 0.15) is 78.1 Å². The van der Waals surface area contributed by atoms with Crippen LogP contribution < -0.4 is 0 Å². The van der Waals surface area contributed by atoms with Crippen LogP contribution in [0.15, 0.2) is 12.2 Å². The molecule has 0 radical (unpaired) electrons. The van der Waals surface area contributed by atoms with Gasteiger partial charge in [-0.25, -0.2) is 0 Å². The summed E-state index contributed by atoms with van der Waals surface area (Å²) in [5.74, 6) is 4.08. The Labute approximate surface area is 114 Å². The molecule has 0 aromatic heterocycles. The average Bonchev–Trinajstić information content (AvgIpc) is 2.41. The van der Waals surface area contributed by atoms with Gasteiger partial charge in [0.05, 0.1) is 0 Å². The first kappa shape index (κ1) is 14.2. The third-order valence-corrected chi connectivity index (χ3v) is 5.41. The molecule has 2 rings (SSSR count). The van der Waals surface area contributed by atoms with Crippen molar-refractivity contribution in [2.24, 2.45) is 23.7 Å². The van der Waals surface area contributed by atoms with E-state index >= 15 is 0 Å². The number of hydrogen-bond acceptors (Lipinski definition) is 0. The van der Waals surface area contributed by atoms with Gasteiger partial charge in [0.15, 0.2) is 0 Å². The van der Waals surface area contributed by atoms with Crippen LogP contribution in [0.5, 0.6) is 0 Å². The van der Waals surface area contributed by atoms with Crippen molar-refractivity contribution in [3.8, 4) is 0 Å². The molecular weight excluding hydrogens is 216 g/mol. The molecule has 0 aromatic carbocycles. The molecule has 2 aliphatic carbocycles. The second kappa shape index (κ2) is 7.36. The molecule has 0 bridgehead atoms. The molecule has 0 unspecified atom stereocenters. The summed E-state index contributed by atoms with van der Waals surface area (Å²) in [6, 6.07) is 0. The van der Waals surface area contributed by atoms with Gasteiger partial charge in [-0.2, -0.15) is 0 Å². The van der Waals surface area contributed by atoms with E-state index in [-0.39, 0.29) is 0 Å². The van der Waals surface area contributed by atoms with Gasteiger partial charge in [0.25, 0.3) is 0 Å². The van der Waals surface area contributed by atoms with E-state index < -0.39 is 0 Å². The Bertz CT molecular complexity index is 237. The quantitative estimate of drug-likeness (QED) is 0.537. The van der Waals surface area contributed by atoms with Crippen molar-refractivity contribution in [2.45, 2.75) is 78.1 Å². The van der Waals surface area contributed by atoms with Gasteiger partial charge in [-0.15, -0.1) is 0 Å². The predicted molar refractivity (Wildman–Crippen MR) is 80.6 cm³/mol. The molecule has 0 aliphatic heterocycles. The SMILES string of the molecule is CCC/C=C/C1CCC(C2CCC(C)CC2)CC1. The lowest BCUT2D eigenvalue weighted by atomic mass is 9.69. The van der Waals surface area contributed by atoms with Crippen LogP contribution in [0.3, 0.4) is 0 Å². The summed E-state index contributed by atoms with van der Waals surface area (Å²) >= 11 is 0. The Morgan fingerprint density at radius 1 is 0.833 bits per heavy atom. The minimum atomic E-state index is 0.912. The average molecular weight is 248 g/mol. The van der Waals surface area contributed by atoms with E-state index in [9.17, 15) is 0 Å². The number of rotatable bonds is 4. The fourth-order valence-corrected chi connectivity index (χ4v) is 4.02. The Morgan fingerprint density at radius 2 is 1.39 bits per heavy atom. The van der Waals surface area contributed by atoms with Crippen LogP contribution in [-0.2, 0) is 0 Å². The lowest BCUT2D eigenvalue weighted by Crippen LogP contribution is -2.24. The Balaban J connectivity index is 1.70. The first-order valence-electron chi connectivity index (χ1n) is 8.46. The molecule has 0 heteroatoms. The molecule has 0 aromatic rings. The van der Waals surface area contributed by atoms with Gasteiger partial charge in [0.1, 0.15) is 0 Å². The molecule has 104 valence electrons. The summed E-state index contributed by atoms with van der Waals surface area (Å²) in [5.41, 5.74) is 0. The van der Waals surface area contributed by atoms with Crippen LogP contribution in [0.4, 0.5) is 0 Å². The molecule has 2 fully saturated rings. The highest BCUT2D eigenvalue weighted by molar-refractivity contribution is 4.92. The van der Waals surface area contributed by atoms with E-state index in [4.69, 9.17) is 0 Å². The van der Waals surface area contributed by atoms with Gasteiger partial charge in [0.2, 0.25) is 0 Å². The van der Waals surface area contributed by atoms with Crippen molar-refractivity contribution < 1.29 is 0 Å². The molecule has 2 saturated carbocycles. The van der Waals surface area contributed by atoms with E-state index in [0.29, 0.717) is 0 Å². The summed E-state index contributed by atoms with van der Waals surface area (Å²) in [7, 11) is 0. The van der Waals surface area contributed by atoms with Crippen molar-refractivity contribution >= 4 is 0 Å². The summed E-state index contributed by atoms with van der Waals surface area (Å²) in [5, 5.41) is 0. The molecule has 0 amide bonds. The highest BCUT2D eigenvalue weighted by Crippen LogP contribution is 2.41. The zero-order valence-corrected chi connectivity index (χ0v) is 12.5. The van der Waals surface area contributed by atoms with Gasteiger partial charge in [-0.05, 0) is 68.6 Å². The number of allylic oxidation sites excluding steroid dienone is 2. The van der Waals surface area contributed by atoms with E-state index in [2.05, 4.69) is 26.0 Å². The van der Waals surface area contributed by atoms with Gasteiger partial charge in [-0.1, -0.05) is 45.3 Å². The molecule has 2 aliphatic rings. The Hall–Kier alpha value is -0.260. The van der Waals surface area contributed by atoms with Crippen LogP contribution in [-0.4, -0.2) is 0 Å². The fourth-order valence-electron chi connectivity index (χ4n) is 4.02. The zero-order valence-electron chi connectivity index (χ0n) is 12.5. The van der Waals surface area contributed by atoms with Crippen LogP contribution in [0.2, 0.25) is 0 Å². The number of unbranched alkanes of at least 4 members (excludes halogenated alkanes) is 1. The first-order valence-corrected chi connectivity index (χ1v) is 8.46. The largest absolute Gasteiger partial charge is 0.0883 e. The lowest BCUT2D eigenvalue weighted by Gasteiger charge is -2.36. The number of hydrogen-bond donors (Lipinski definition) is 0. The van der Waals surface area contributed by atoms with E-state index in [1.54, 1.807) is 0 Å². The second-order valence-electron chi connectivity index (χ2n) is 6.91. The van der Waals surface area contributed by atoms with Crippen molar-refractivity contribution in [2.75, 3.05) is 0 Å². The maximum Gasteiger partial charge on any atom is -0.0233 e. The minimum absolute atomic E-state index is 0.912. The van der Waals surface area contributed by atoms with Crippen molar-refractivity contribution in [3.63, 3.8) is 0 Å². The molecule has 0 atom stereocenters. The van der Waals surface area contributed by atoms with E-state index in [1.165, 1.54) is 64.2 Å². The summed E-state index contributed by atoms with van der Waals surface area (Å²) in [4.78, 5) is 0. The third-order valence-electron chi connectivity index (χ3n) is 5.41. The van der Waals surface area contributed by atoms with Gasteiger partial charge < -0.3 is 0 Å². The van der Waals surface area contributed by atoms with Crippen LogP contribution in [0, 0.1) is 23.7 Å². The lowest BCUT2D eigenvalue weighted by molar-refractivity contribution is 0.160. The third kappa shape index (κ3) is 4.14. The van der Waals surface area contributed by atoms with E-state index in [0.717, 1.165) is 23.7 Å².